The molecule has 0 bridgehead atoms. The Morgan fingerprint density at radius 3 is 3.18 bits per heavy atom. The average molecular weight is 313 g/mol. The number of allylic oxidation sites excluding steroid dienone is 2. The van der Waals surface area contributed by atoms with Gasteiger partial charge in [-0.1, -0.05) is 33.6 Å². The van der Waals surface area contributed by atoms with E-state index in [-0.39, 0.29) is 11.9 Å². The highest BCUT2D eigenvalue weighted by molar-refractivity contribution is 9.11. The predicted molar refractivity (Wildman–Crippen MR) is 67.7 cm³/mol. The minimum absolute atomic E-state index is 0.0365. The quantitative estimate of drug-likeness (QED) is 0.690. The van der Waals surface area contributed by atoms with Gasteiger partial charge in [0.05, 0.1) is 11.8 Å². The molecule has 0 fully saturated rings. The van der Waals surface area contributed by atoms with Crippen molar-refractivity contribution in [3.63, 3.8) is 0 Å². The molecule has 86 valence electrons. The van der Waals surface area contributed by atoms with Gasteiger partial charge >= 0.3 is 0 Å². The topological polar surface area (TPSA) is 39.2 Å². The number of aromatic nitrogens is 1. The number of fused-ring (bicyclic) bond motifs is 2. The molecule has 0 saturated heterocycles. The van der Waals surface area contributed by atoms with Gasteiger partial charge in [-0.3, -0.25) is 4.79 Å². The standard InChI is InChI=1S/C12H7BrClNO2/c13-6-1-2-9-7(3-6)12(16)8-4-11(14)15-5-10(8)17-9/h1,3-5,9H,2H2. The SMILES string of the molecule is O=C1C2=CC(Br)=CCC2Oc2cnc(Cl)cc21. The van der Waals surface area contributed by atoms with E-state index in [0.717, 1.165) is 4.48 Å². The van der Waals surface area contributed by atoms with Crippen molar-refractivity contribution < 1.29 is 9.53 Å². The summed E-state index contributed by atoms with van der Waals surface area (Å²) in [5, 5.41) is 0.296. The molecule has 0 saturated carbocycles. The Balaban J connectivity index is 2.13. The van der Waals surface area contributed by atoms with Gasteiger partial charge < -0.3 is 4.74 Å². The van der Waals surface area contributed by atoms with Gasteiger partial charge in [-0.2, -0.15) is 0 Å². The third-order valence-corrected chi connectivity index (χ3v) is 3.54. The third-order valence-electron chi connectivity index (χ3n) is 2.78. The predicted octanol–water partition coefficient (Wildman–Crippen LogP) is 3.29. The van der Waals surface area contributed by atoms with Gasteiger partial charge in [0, 0.05) is 16.5 Å². The van der Waals surface area contributed by atoms with Gasteiger partial charge in [-0.05, 0) is 12.1 Å². The van der Waals surface area contributed by atoms with Crippen molar-refractivity contribution in [2.45, 2.75) is 12.5 Å². The molecule has 3 nitrogen and oxygen atoms in total. The number of carbonyl (C=O) groups excluding carboxylic acids is 1. The maximum Gasteiger partial charge on any atom is 0.196 e. The first kappa shape index (κ1) is 11.0. The summed E-state index contributed by atoms with van der Waals surface area (Å²) in [4.78, 5) is 16.2. The molecule has 0 spiro atoms. The molecule has 0 radical (unpaired) electrons. The smallest absolute Gasteiger partial charge is 0.196 e. The fourth-order valence-corrected chi connectivity index (χ4v) is 2.56. The highest BCUT2D eigenvalue weighted by Crippen LogP contribution is 2.35. The van der Waals surface area contributed by atoms with E-state index in [2.05, 4.69) is 20.9 Å². The summed E-state index contributed by atoms with van der Waals surface area (Å²) in [6.45, 7) is 0. The molecule has 17 heavy (non-hydrogen) atoms. The van der Waals surface area contributed by atoms with Crippen LogP contribution in [0.25, 0.3) is 0 Å². The van der Waals surface area contributed by atoms with Crippen LogP contribution in [0.3, 0.4) is 0 Å². The molecule has 1 aliphatic carbocycles. The van der Waals surface area contributed by atoms with Crippen LogP contribution in [-0.4, -0.2) is 16.9 Å². The monoisotopic (exact) mass is 311 g/mol. The van der Waals surface area contributed by atoms with E-state index in [1.165, 1.54) is 6.20 Å². The molecule has 1 aromatic heterocycles. The second-order valence-electron chi connectivity index (χ2n) is 3.86. The van der Waals surface area contributed by atoms with Gasteiger partial charge in [-0.15, -0.1) is 0 Å². The Kier molecular flexibility index (Phi) is 2.56. The van der Waals surface area contributed by atoms with Gasteiger partial charge in [0.15, 0.2) is 5.78 Å². The minimum Gasteiger partial charge on any atom is -0.483 e. The summed E-state index contributed by atoms with van der Waals surface area (Å²) in [5.41, 5.74) is 1.14. The van der Waals surface area contributed by atoms with Crippen LogP contribution in [-0.2, 0) is 0 Å². The van der Waals surface area contributed by atoms with Crippen LogP contribution in [0.4, 0.5) is 0 Å². The van der Waals surface area contributed by atoms with Crippen LogP contribution < -0.4 is 4.74 Å². The maximum atomic E-state index is 12.3. The Labute approximate surface area is 111 Å². The van der Waals surface area contributed by atoms with E-state index >= 15 is 0 Å². The van der Waals surface area contributed by atoms with Crippen molar-refractivity contribution in [1.82, 2.24) is 4.98 Å². The number of Topliss-reactive ketones (excluding diaryl/α,β-unsaturated/α-hetero) is 1. The highest BCUT2D eigenvalue weighted by Gasteiger charge is 2.33. The fourth-order valence-electron chi connectivity index (χ4n) is 1.97. The van der Waals surface area contributed by atoms with E-state index in [4.69, 9.17) is 16.3 Å². The average Bonchev–Trinajstić information content (AvgIpc) is 2.32. The van der Waals surface area contributed by atoms with Crippen molar-refractivity contribution in [3.05, 3.63) is 45.2 Å². The fraction of sp³-hybridized carbons (Fsp3) is 0.167. The van der Waals surface area contributed by atoms with Gasteiger partial charge in [0.2, 0.25) is 0 Å². The number of carbonyl (C=O) groups is 1. The molecule has 0 aromatic carbocycles. The number of hydrogen-bond donors (Lipinski definition) is 0. The van der Waals surface area contributed by atoms with Gasteiger partial charge in [-0.25, -0.2) is 4.98 Å². The van der Waals surface area contributed by atoms with Crippen LogP contribution >= 0.6 is 27.5 Å². The number of pyridine rings is 1. The Morgan fingerprint density at radius 1 is 1.53 bits per heavy atom. The van der Waals surface area contributed by atoms with E-state index in [1.807, 2.05) is 6.08 Å². The zero-order valence-electron chi connectivity index (χ0n) is 8.61. The summed E-state index contributed by atoms with van der Waals surface area (Å²) in [7, 11) is 0. The van der Waals surface area contributed by atoms with E-state index in [0.29, 0.717) is 28.5 Å². The summed E-state index contributed by atoms with van der Waals surface area (Å²) in [6.07, 6.45) is 5.75. The van der Waals surface area contributed by atoms with Crippen molar-refractivity contribution in [3.8, 4) is 5.75 Å². The third kappa shape index (κ3) is 1.81. The molecule has 5 heteroatoms. The molecule has 1 unspecified atom stereocenters. The molecule has 2 heterocycles. The first-order valence-electron chi connectivity index (χ1n) is 5.09. The lowest BCUT2D eigenvalue weighted by Gasteiger charge is -2.28. The van der Waals surface area contributed by atoms with Crippen molar-refractivity contribution in [1.29, 1.82) is 0 Å². The van der Waals surface area contributed by atoms with Crippen LogP contribution in [0.2, 0.25) is 5.15 Å². The number of halogens is 2. The van der Waals surface area contributed by atoms with Gasteiger partial charge in [0.25, 0.3) is 0 Å². The van der Waals surface area contributed by atoms with E-state index in [9.17, 15) is 4.79 Å². The van der Waals surface area contributed by atoms with E-state index in [1.54, 1.807) is 12.1 Å². The molecule has 3 rings (SSSR count). The first-order valence-corrected chi connectivity index (χ1v) is 6.26. The maximum absolute atomic E-state index is 12.3. The normalized spacial score (nSPS) is 22.0. The van der Waals surface area contributed by atoms with Crippen LogP contribution in [0, 0.1) is 0 Å². The number of ketones is 1. The second kappa shape index (κ2) is 3.96. The minimum atomic E-state index is -0.209. The lowest BCUT2D eigenvalue weighted by Crippen LogP contribution is -2.31. The molecular formula is C12H7BrClNO2. The second-order valence-corrected chi connectivity index (χ2v) is 5.17. The summed E-state index contributed by atoms with van der Waals surface area (Å²) in [6, 6.07) is 1.54. The number of nitrogens with zero attached hydrogens (tertiary/aromatic N) is 1. The van der Waals surface area contributed by atoms with Crippen LogP contribution in [0.15, 0.2) is 34.5 Å². The van der Waals surface area contributed by atoms with E-state index < -0.39 is 0 Å². The number of rotatable bonds is 0. The summed E-state index contributed by atoms with van der Waals surface area (Å²) in [5.74, 6) is 0.471. The van der Waals surface area contributed by atoms with Crippen LogP contribution in [0.1, 0.15) is 16.8 Å². The Bertz CT molecular complexity index is 580. The molecule has 0 amide bonds. The molecule has 0 N–H and O–H groups in total. The summed E-state index contributed by atoms with van der Waals surface area (Å²) >= 11 is 9.16. The highest BCUT2D eigenvalue weighted by atomic mass is 79.9. The van der Waals surface area contributed by atoms with Crippen molar-refractivity contribution in [2.75, 3.05) is 0 Å². The molecule has 1 atom stereocenters. The lowest BCUT2D eigenvalue weighted by molar-refractivity contribution is 0.0960. The van der Waals surface area contributed by atoms with Crippen molar-refractivity contribution in [2.24, 2.45) is 0 Å². The molecule has 1 aliphatic heterocycles. The van der Waals surface area contributed by atoms with Crippen molar-refractivity contribution >= 4 is 33.3 Å². The van der Waals surface area contributed by atoms with Crippen LogP contribution in [0.5, 0.6) is 5.75 Å². The summed E-state index contributed by atoms with van der Waals surface area (Å²) < 4.78 is 6.64. The zero-order valence-corrected chi connectivity index (χ0v) is 11.0. The molecule has 2 aliphatic rings. The lowest BCUT2D eigenvalue weighted by atomic mass is 9.91. The number of hydrogen-bond acceptors (Lipinski definition) is 3. The Morgan fingerprint density at radius 2 is 2.35 bits per heavy atom. The van der Waals surface area contributed by atoms with Gasteiger partial charge in [0.1, 0.15) is 17.0 Å². The zero-order chi connectivity index (χ0) is 12.0. The number of ether oxygens (including phenoxy) is 1. The first-order chi connectivity index (χ1) is 8.15. The molecular weight excluding hydrogens is 305 g/mol. The molecule has 1 aromatic rings. The Hall–Kier alpha value is -1.13. The largest absolute Gasteiger partial charge is 0.483 e.